The zero-order chi connectivity index (χ0) is 12.6. The van der Waals surface area contributed by atoms with Crippen molar-refractivity contribution in [1.29, 1.82) is 0 Å². The molecule has 17 heavy (non-hydrogen) atoms. The quantitative estimate of drug-likeness (QED) is 0.793. The van der Waals surface area contributed by atoms with Gasteiger partial charge in [0.1, 0.15) is 0 Å². The molecule has 0 aromatic heterocycles. The Hall–Kier alpha value is -1.22. The van der Waals surface area contributed by atoms with Gasteiger partial charge in [-0.3, -0.25) is 0 Å². The molecule has 1 aliphatic rings. The molecule has 0 aliphatic carbocycles. The topological polar surface area (TPSA) is 32.5 Å². The molecular formula is C14H23N3. The second-order valence-corrected chi connectivity index (χ2v) is 5.42. The number of hydrogen-bond acceptors (Lipinski definition) is 3. The smallest absolute Gasteiger partial charge is 0.0603 e. The lowest BCUT2D eigenvalue weighted by atomic mass is 10.1. The average Bonchev–Trinajstić information content (AvgIpc) is 2.64. The van der Waals surface area contributed by atoms with E-state index in [2.05, 4.69) is 55.9 Å². The number of nitrogens with zero attached hydrogens (tertiary/aromatic N) is 2. The molecule has 0 amide bonds. The Morgan fingerprint density at radius 2 is 2.00 bits per heavy atom. The summed E-state index contributed by atoms with van der Waals surface area (Å²) in [6.07, 6.45) is 0. The van der Waals surface area contributed by atoms with Crippen LogP contribution in [0.1, 0.15) is 12.5 Å². The van der Waals surface area contributed by atoms with E-state index in [1.54, 1.807) is 0 Å². The molecule has 1 saturated heterocycles. The number of benzene rings is 1. The van der Waals surface area contributed by atoms with Crippen molar-refractivity contribution in [3.05, 3.63) is 23.8 Å². The largest absolute Gasteiger partial charge is 0.397 e. The first-order valence-corrected chi connectivity index (χ1v) is 6.27. The molecule has 1 heterocycles. The summed E-state index contributed by atoms with van der Waals surface area (Å²) in [6.45, 7) is 6.55. The molecule has 1 fully saturated rings. The van der Waals surface area contributed by atoms with Crippen molar-refractivity contribution in [2.45, 2.75) is 19.9 Å². The molecule has 3 heteroatoms. The fourth-order valence-corrected chi connectivity index (χ4v) is 2.76. The summed E-state index contributed by atoms with van der Waals surface area (Å²) in [4.78, 5) is 4.73. The summed E-state index contributed by atoms with van der Waals surface area (Å²) >= 11 is 0. The van der Waals surface area contributed by atoms with Crippen LogP contribution in [-0.2, 0) is 0 Å². The van der Waals surface area contributed by atoms with Gasteiger partial charge in [-0.25, -0.2) is 0 Å². The van der Waals surface area contributed by atoms with Crippen LogP contribution < -0.4 is 10.6 Å². The monoisotopic (exact) mass is 233 g/mol. The number of likely N-dealkylation sites (N-methyl/N-ethyl adjacent to an activating group) is 1. The van der Waals surface area contributed by atoms with Gasteiger partial charge in [0.25, 0.3) is 0 Å². The Bertz CT molecular complexity index is 400. The molecule has 3 nitrogen and oxygen atoms in total. The molecular weight excluding hydrogens is 210 g/mol. The van der Waals surface area contributed by atoms with Crippen molar-refractivity contribution in [2.75, 3.05) is 37.8 Å². The Labute approximate surface area is 104 Å². The third kappa shape index (κ3) is 2.25. The molecule has 0 saturated carbocycles. The van der Waals surface area contributed by atoms with Crippen LogP contribution in [-0.4, -0.2) is 38.1 Å². The first-order chi connectivity index (χ1) is 8.00. The van der Waals surface area contributed by atoms with Gasteiger partial charge in [0.15, 0.2) is 0 Å². The fraction of sp³-hybridized carbons (Fsp3) is 0.571. The van der Waals surface area contributed by atoms with Crippen molar-refractivity contribution in [1.82, 2.24) is 4.90 Å². The van der Waals surface area contributed by atoms with E-state index in [1.165, 1.54) is 11.3 Å². The maximum Gasteiger partial charge on any atom is 0.0603 e. The summed E-state index contributed by atoms with van der Waals surface area (Å²) in [6, 6.07) is 6.92. The summed E-state index contributed by atoms with van der Waals surface area (Å²) < 4.78 is 0. The minimum atomic E-state index is 0.620. The highest BCUT2D eigenvalue weighted by atomic mass is 15.2. The molecule has 1 aliphatic heterocycles. The van der Waals surface area contributed by atoms with Crippen molar-refractivity contribution in [3.8, 4) is 0 Å². The van der Waals surface area contributed by atoms with Gasteiger partial charge in [-0.2, -0.15) is 0 Å². The summed E-state index contributed by atoms with van der Waals surface area (Å²) in [5.74, 6) is 0.685. The molecule has 2 unspecified atom stereocenters. The third-order valence-corrected chi connectivity index (χ3v) is 3.88. The lowest BCUT2D eigenvalue weighted by Gasteiger charge is -2.24. The molecule has 1 aromatic rings. The lowest BCUT2D eigenvalue weighted by Crippen LogP contribution is -2.34. The average molecular weight is 233 g/mol. The van der Waals surface area contributed by atoms with E-state index in [0.29, 0.717) is 12.0 Å². The fourth-order valence-electron chi connectivity index (χ4n) is 2.76. The number of anilines is 2. The van der Waals surface area contributed by atoms with E-state index < -0.39 is 0 Å². The highest BCUT2D eigenvalue weighted by molar-refractivity contribution is 5.71. The molecule has 2 N–H and O–H groups in total. The van der Waals surface area contributed by atoms with Crippen molar-refractivity contribution >= 4 is 11.4 Å². The predicted molar refractivity (Wildman–Crippen MR) is 74.4 cm³/mol. The number of aryl methyl sites for hydroxylation is 1. The van der Waals surface area contributed by atoms with Crippen LogP contribution in [0.2, 0.25) is 0 Å². The third-order valence-electron chi connectivity index (χ3n) is 3.88. The van der Waals surface area contributed by atoms with E-state index in [9.17, 15) is 0 Å². The zero-order valence-electron chi connectivity index (χ0n) is 11.3. The molecule has 1 aromatic carbocycles. The highest BCUT2D eigenvalue weighted by Gasteiger charge is 2.31. The van der Waals surface area contributed by atoms with Crippen molar-refractivity contribution in [3.63, 3.8) is 0 Å². The van der Waals surface area contributed by atoms with Crippen LogP contribution in [0, 0.1) is 12.8 Å². The van der Waals surface area contributed by atoms with Crippen LogP contribution in [0.3, 0.4) is 0 Å². The molecule has 0 bridgehead atoms. The van der Waals surface area contributed by atoms with E-state index >= 15 is 0 Å². The van der Waals surface area contributed by atoms with Gasteiger partial charge < -0.3 is 15.5 Å². The Kier molecular flexibility index (Phi) is 3.29. The maximum atomic E-state index is 6.17. The van der Waals surface area contributed by atoms with Gasteiger partial charge in [-0.15, -0.1) is 0 Å². The van der Waals surface area contributed by atoms with Crippen LogP contribution >= 0.6 is 0 Å². The minimum Gasteiger partial charge on any atom is -0.397 e. The van der Waals surface area contributed by atoms with Crippen LogP contribution in [0.25, 0.3) is 0 Å². The zero-order valence-corrected chi connectivity index (χ0v) is 11.3. The van der Waals surface area contributed by atoms with E-state index in [4.69, 9.17) is 5.73 Å². The van der Waals surface area contributed by atoms with Gasteiger partial charge in [-0.05, 0) is 38.6 Å². The normalized spacial score (nSPS) is 24.6. The van der Waals surface area contributed by atoms with Crippen LogP contribution in [0.4, 0.5) is 11.4 Å². The molecule has 94 valence electrons. The first kappa shape index (κ1) is 12.2. The van der Waals surface area contributed by atoms with E-state index in [-0.39, 0.29) is 0 Å². The van der Waals surface area contributed by atoms with Gasteiger partial charge in [0.05, 0.1) is 11.4 Å². The lowest BCUT2D eigenvalue weighted by molar-refractivity contribution is 0.266. The second-order valence-electron chi connectivity index (χ2n) is 5.42. The van der Waals surface area contributed by atoms with Gasteiger partial charge in [0, 0.05) is 19.1 Å². The Morgan fingerprint density at radius 3 is 2.59 bits per heavy atom. The molecule has 0 spiro atoms. The predicted octanol–water partition coefficient (Wildman–Crippen LogP) is 1.96. The number of para-hydroxylation sites is 1. The number of nitrogens with two attached hydrogens (primary N) is 1. The summed E-state index contributed by atoms with van der Waals surface area (Å²) in [7, 11) is 4.31. The second kappa shape index (κ2) is 4.57. The van der Waals surface area contributed by atoms with E-state index in [0.717, 1.165) is 18.8 Å². The standard InChI is InChI=1S/C14H23N3/c1-10-6-5-7-12(14(10)15)17-8-11(2)13(9-17)16(3)4/h5-7,11,13H,8-9,15H2,1-4H3. The molecule has 0 radical (unpaired) electrons. The van der Waals surface area contributed by atoms with Gasteiger partial charge in [-0.1, -0.05) is 19.1 Å². The van der Waals surface area contributed by atoms with E-state index in [1.807, 2.05) is 0 Å². The minimum absolute atomic E-state index is 0.620. The van der Waals surface area contributed by atoms with Crippen LogP contribution in [0.15, 0.2) is 18.2 Å². The Morgan fingerprint density at radius 1 is 1.29 bits per heavy atom. The number of rotatable bonds is 2. The summed E-state index contributed by atoms with van der Waals surface area (Å²) in [5, 5.41) is 0. The number of nitrogen functional groups attached to an aromatic ring is 1. The Balaban J connectivity index is 2.23. The number of hydrogen-bond donors (Lipinski definition) is 1. The van der Waals surface area contributed by atoms with Crippen molar-refractivity contribution in [2.24, 2.45) is 5.92 Å². The summed E-state index contributed by atoms with van der Waals surface area (Å²) in [5.41, 5.74) is 9.47. The highest BCUT2D eigenvalue weighted by Crippen LogP contribution is 2.31. The first-order valence-electron chi connectivity index (χ1n) is 6.27. The molecule has 2 rings (SSSR count). The van der Waals surface area contributed by atoms with Crippen molar-refractivity contribution < 1.29 is 0 Å². The molecule has 2 atom stereocenters. The van der Waals surface area contributed by atoms with Gasteiger partial charge in [0.2, 0.25) is 0 Å². The SMILES string of the molecule is Cc1cccc(N2CC(C)C(N(C)C)C2)c1N. The van der Waals surface area contributed by atoms with Gasteiger partial charge >= 0.3 is 0 Å². The van der Waals surface area contributed by atoms with Crippen LogP contribution in [0.5, 0.6) is 0 Å². The maximum absolute atomic E-state index is 6.17.